The molecule has 2 aromatic carbocycles. The Bertz CT molecular complexity index is 1170. The van der Waals surface area contributed by atoms with Gasteiger partial charge in [-0.3, -0.25) is 9.59 Å². The van der Waals surface area contributed by atoms with Crippen LogP contribution in [0.1, 0.15) is 57.2 Å². The molecule has 0 spiro atoms. The second-order valence-electron chi connectivity index (χ2n) is 10.5. The molecule has 1 aliphatic heterocycles. The summed E-state index contributed by atoms with van der Waals surface area (Å²) >= 11 is 0. The molecular weight excluding hydrogens is 496 g/mol. The highest BCUT2D eigenvalue weighted by atomic mass is 16.5. The number of benzene rings is 2. The Morgan fingerprint density at radius 1 is 1.05 bits per heavy atom. The molecule has 1 heterocycles. The van der Waals surface area contributed by atoms with E-state index in [1.165, 1.54) is 0 Å². The Morgan fingerprint density at radius 2 is 1.82 bits per heavy atom. The van der Waals surface area contributed by atoms with E-state index in [1.807, 2.05) is 32.0 Å². The van der Waals surface area contributed by atoms with Gasteiger partial charge >= 0.3 is 0 Å². The number of aliphatic hydroxyl groups excluding tert-OH is 1. The maximum atomic E-state index is 13.4. The first-order chi connectivity index (χ1) is 18.7. The van der Waals surface area contributed by atoms with E-state index in [1.54, 1.807) is 48.4 Å². The van der Waals surface area contributed by atoms with Crippen molar-refractivity contribution < 1.29 is 28.9 Å². The third kappa shape index (κ3) is 7.53. The van der Waals surface area contributed by atoms with Gasteiger partial charge < -0.3 is 29.1 Å². The van der Waals surface area contributed by atoms with Crippen molar-refractivity contribution in [2.75, 3.05) is 47.5 Å². The van der Waals surface area contributed by atoms with Crippen molar-refractivity contribution in [1.82, 2.24) is 9.80 Å². The number of ether oxygens (including phenoxy) is 3. The third-order valence-corrected chi connectivity index (χ3v) is 6.58. The van der Waals surface area contributed by atoms with Crippen LogP contribution in [-0.2, 0) is 9.59 Å². The molecule has 1 aliphatic rings. The first kappa shape index (κ1) is 30.0. The highest BCUT2D eigenvalue weighted by Crippen LogP contribution is 2.42. The largest absolute Gasteiger partial charge is 0.507 e. The predicted molar refractivity (Wildman–Crippen MR) is 152 cm³/mol. The highest BCUT2D eigenvalue weighted by Gasteiger charge is 2.46. The molecule has 0 bridgehead atoms. The van der Waals surface area contributed by atoms with E-state index in [0.717, 1.165) is 19.4 Å². The van der Waals surface area contributed by atoms with Crippen molar-refractivity contribution in [3.63, 3.8) is 0 Å². The molecule has 8 nitrogen and oxygen atoms in total. The zero-order valence-corrected chi connectivity index (χ0v) is 24.0. The van der Waals surface area contributed by atoms with Crippen molar-refractivity contribution in [3.8, 4) is 17.2 Å². The summed E-state index contributed by atoms with van der Waals surface area (Å²) in [6.45, 7) is 8.47. The summed E-state index contributed by atoms with van der Waals surface area (Å²) in [6.07, 6.45) is 2.41. The maximum absolute atomic E-state index is 13.4. The average Bonchev–Trinajstić information content (AvgIpc) is 3.16. The van der Waals surface area contributed by atoms with Crippen molar-refractivity contribution >= 4 is 17.4 Å². The zero-order valence-electron chi connectivity index (χ0n) is 24.0. The summed E-state index contributed by atoms with van der Waals surface area (Å²) in [5.41, 5.74) is 1.13. The Labute approximate surface area is 232 Å². The molecule has 0 radical (unpaired) electrons. The number of ketones is 1. The van der Waals surface area contributed by atoms with E-state index < -0.39 is 17.7 Å². The van der Waals surface area contributed by atoms with Crippen LogP contribution in [0, 0.1) is 5.92 Å². The second-order valence-corrected chi connectivity index (χ2v) is 10.5. The first-order valence-electron chi connectivity index (χ1n) is 13.6. The summed E-state index contributed by atoms with van der Waals surface area (Å²) in [7, 11) is 5.48. The quantitative estimate of drug-likeness (QED) is 0.199. The Hall–Kier alpha value is -3.52. The molecule has 1 fully saturated rings. The molecule has 1 unspecified atom stereocenters. The molecule has 212 valence electrons. The minimum Gasteiger partial charge on any atom is -0.507 e. The van der Waals surface area contributed by atoms with Gasteiger partial charge in [-0.2, -0.15) is 0 Å². The van der Waals surface area contributed by atoms with Gasteiger partial charge in [0.25, 0.3) is 11.7 Å². The minimum atomic E-state index is -0.772. The van der Waals surface area contributed by atoms with Gasteiger partial charge in [-0.05, 0) is 75.6 Å². The number of nitrogens with zero attached hydrogens (tertiary/aromatic N) is 2. The number of hydrogen-bond acceptors (Lipinski definition) is 7. The fraction of sp³-hybridized carbons (Fsp3) is 0.484. The van der Waals surface area contributed by atoms with Crippen LogP contribution in [-0.4, -0.2) is 74.1 Å². The summed E-state index contributed by atoms with van der Waals surface area (Å²) < 4.78 is 17.3. The molecule has 39 heavy (non-hydrogen) atoms. The Kier molecular flexibility index (Phi) is 10.8. The molecular formula is C31H42N2O6. The van der Waals surface area contributed by atoms with Gasteiger partial charge in [0.15, 0.2) is 11.5 Å². The molecule has 2 aromatic rings. The number of aliphatic hydroxyl groups is 1. The maximum Gasteiger partial charge on any atom is 0.295 e. The van der Waals surface area contributed by atoms with Crippen LogP contribution in [0.3, 0.4) is 0 Å². The van der Waals surface area contributed by atoms with Gasteiger partial charge in [0.05, 0.1) is 31.9 Å². The second kappa shape index (κ2) is 14.0. The summed E-state index contributed by atoms with van der Waals surface area (Å²) in [6, 6.07) is 11.6. The van der Waals surface area contributed by atoms with E-state index in [-0.39, 0.29) is 11.3 Å². The van der Waals surface area contributed by atoms with Crippen LogP contribution in [0.4, 0.5) is 0 Å². The molecule has 0 aromatic heterocycles. The van der Waals surface area contributed by atoms with E-state index >= 15 is 0 Å². The lowest BCUT2D eigenvalue weighted by molar-refractivity contribution is -0.139. The smallest absolute Gasteiger partial charge is 0.295 e. The fourth-order valence-electron chi connectivity index (χ4n) is 4.50. The fourth-order valence-corrected chi connectivity index (χ4v) is 4.50. The number of amides is 1. The number of hydrogen-bond donors (Lipinski definition) is 1. The van der Waals surface area contributed by atoms with Crippen molar-refractivity contribution in [2.24, 2.45) is 5.92 Å². The van der Waals surface area contributed by atoms with E-state index in [0.29, 0.717) is 60.5 Å². The molecule has 3 rings (SSSR count). The first-order valence-corrected chi connectivity index (χ1v) is 13.6. The summed E-state index contributed by atoms with van der Waals surface area (Å²) in [5, 5.41) is 11.4. The molecule has 1 saturated heterocycles. The SMILES string of the molecule is CCCOc1cccc(/C(O)=C2\C(=O)C(=O)N(CCCN(C)C)C2c2ccc(OCCC(C)C)c(OC)c2)c1. The molecule has 0 saturated carbocycles. The Balaban J connectivity index is 2.07. The van der Waals surface area contributed by atoms with Crippen LogP contribution in [0.2, 0.25) is 0 Å². The van der Waals surface area contributed by atoms with Crippen LogP contribution in [0.25, 0.3) is 5.76 Å². The zero-order chi connectivity index (χ0) is 28.5. The van der Waals surface area contributed by atoms with Gasteiger partial charge in [0.1, 0.15) is 11.5 Å². The average molecular weight is 539 g/mol. The van der Waals surface area contributed by atoms with Crippen LogP contribution < -0.4 is 14.2 Å². The highest BCUT2D eigenvalue weighted by molar-refractivity contribution is 6.46. The van der Waals surface area contributed by atoms with Gasteiger partial charge in [0.2, 0.25) is 0 Å². The normalized spacial score (nSPS) is 16.8. The van der Waals surface area contributed by atoms with Crippen LogP contribution in [0.15, 0.2) is 48.0 Å². The molecule has 1 N–H and O–H groups in total. The number of methoxy groups -OCH3 is 1. The topological polar surface area (TPSA) is 88.5 Å². The van der Waals surface area contributed by atoms with Gasteiger partial charge in [-0.25, -0.2) is 0 Å². The monoisotopic (exact) mass is 538 g/mol. The van der Waals surface area contributed by atoms with Crippen molar-refractivity contribution in [3.05, 3.63) is 59.2 Å². The lowest BCUT2D eigenvalue weighted by atomic mass is 9.95. The number of likely N-dealkylation sites (tertiary alicyclic amines) is 1. The molecule has 1 atom stereocenters. The van der Waals surface area contributed by atoms with Crippen molar-refractivity contribution in [2.45, 2.75) is 46.1 Å². The molecule has 1 amide bonds. The van der Waals surface area contributed by atoms with Gasteiger partial charge in [0, 0.05) is 12.1 Å². The van der Waals surface area contributed by atoms with Crippen molar-refractivity contribution in [1.29, 1.82) is 0 Å². The summed E-state index contributed by atoms with van der Waals surface area (Å²) in [5.74, 6) is 0.614. The lowest BCUT2D eigenvalue weighted by Gasteiger charge is -2.26. The molecule has 0 aliphatic carbocycles. The van der Waals surface area contributed by atoms with E-state index in [4.69, 9.17) is 14.2 Å². The molecule has 8 heteroatoms. The Morgan fingerprint density at radius 3 is 2.49 bits per heavy atom. The van der Waals surface area contributed by atoms with E-state index in [9.17, 15) is 14.7 Å². The number of carbonyl (C=O) groups is 2. The number of rotatable bonds is 14. The van der Waals surface area contributed by atoms with Gasteiger partial charge in [-0.15, -0.1) is 0 Å². The van der Waals surface area contributed by atoms with E-state index in [2.05, 4.69) is 13.8 Å². The number of carbonyl (C=O) groups excluding carboxylic acids is 2. The van der Waals surface area contributed by atoms with Gasteiger partial charge in [-0.1, -0.05) is 39.0 Å². The number of Topliss-reactive ketones (excluding diaryl/α,β-unsaturated/α-hetero) is 1. The van der Waals surface area contributed by atoms with Crippen LogP contribution in [0.5, 0.6) is 17.2 Å². The lowest BCUT2D eigenvalue weighted by Crippen LogP contribution is -2.32. The minimum absolute atomic E-state index is 0.0491. The third-order valence-electron chi connectivity index (χ3n) is 6.58. The summed E-state index contributed by atoms with van der Waals surface area (Å²) in [4.78, 5) is 30.2. The van der Waals surface area contributed by atoms with Crippen LogP contribution >= 0.6 is 0 Å². The predicted octanol–water partition coefficient (Wildman–Crippen LogP) is 5.28. The standard InChI is InChI=1S/C31H42N2O6/c1-7-17-38-24-11-8-10-23(19-24)29(34)27-28(33(31(36)30(27)35)16-9-15-32(4)5)22-12-13-25(26(20-22)37-6)39-18-14-21(2)3/h8,10-13,19-21,28,34H,7,9,14-18H2,1-6H3/b29-27+.